The Morgan fingerprint density at radius 1 is 1.03 bits per heavy atom. The van der Waals surface area contributed by atoms with Crippen LogP contribution in [0.25, 0.3) is 0 Å². The van der Waals surface area contributed by atoms with Crippen molar-refractivity contribution in [2.45, 2.75) is 30.7 Å². The van der Waals surface area contributed by atoms with Crippen molar-refractivity contribution in [1.29, 1.82) is 5.26 Å². The largest absolute Gasteiger partial charge is 0.355 e. The Bertz CT molecular complexity index is 1270. The second-order valence-corrected chi connectivity index (χ2v) is 9.25. The molecule has 0 bridgehead atoms. The number of hydrogen-bond donors (Lipinski definition) is 4. The summed E-state index contributed by atoms with van der Waals surface area (Å²) in [6, 6.07) is 16.1. The highest BCUT2D eigenvalue weighted by molar-refractivity contribution is 5.94. The van der Waals surface area contributed by atoms with E-state index in [2.05, 4.69) is 42.6 Å². The normalized spacial score (nSPS) is 15.0. The van der Waals surface area contributed by atoms with Gasteiger partial charge in [-0.25, -0.2) is 0 Å². The number of H-pyrrole nitrogens is 1. The molecule has 0 aliphatic carbocycles. The van der Waals surface area contributed by atoms with Crippen molar-refractivity contribution in [2.24, 2.45) is 0 Å². The first-order valence-corrected chi connectivity index (χ1v) is 12.7. The van der Waals surface area contributed by atoms with Crippen molar-refractivity contribution in [2.75, 3.05) is 33.7 Å². The number of nitrogens with one attached hydrogen (secondary N) is 4. The van der Waals surface area contributed by atoms with E-state index in [0.29, 0.717) is 42.9 Å². The molecule has 1 saturated heterocycles. The predicted molar refractivity (Wildman–Crippen MR) is 142 cm³/mol. The molecule has 1 aliphatic rings. The Morgan fingerprint density at radius 3 is 2.10 bits per heavy atom. The number of benzene rings is 2. The SMILES string of the molecule is CNC(=O)c1ccc(C(CCNCC(=O)N2CCC[C@H]2C#N)(c2ccc(C(=O)NC)cc2)c2nn[nH]n2)cc1. The summed E-state index contributed by atoms with van der Waals surface area (Å²) < 4.78 is 0. The van der Waals surface area contributed by atoms with Crippen LogP contribution in [0.1, 0.15) is 56.9 Å². The molecule has 12 nitrogen and oxygen atoms in total. The van der Waals surface area contributed by atoms with E-state index < -0.39 is 5.41 Å². The smallest absolute Gasteiger partial charge is 0.251 e. The molecule has 0 unspecified atom stereocenters. The van der Waals surface area contributed by atoms with Crippen LogP contribution in [0.5, 0.6) is 0 Å². The van der Waals surface area contributed by atoms with Crippen LogP contribution < -0.4 is 16.0 Å². The third-order valence-corrected chi connectivity index (χ3v) is 7.14. The van der Waals surface area contributed by atoms with E-state index >= 15 is 0 Å². The fourth-order valence-corrected chi connectivity index (χ4v) is 5.04. The highest BCUT2D eigenvalue weighted by Gasteiger charge is 2.40. The number of nitrogens with zero attached hydrogens (tertiary/aromatic N) is 5. The first-order valence-electron chi connectivity index (χ1n) is 12.7. The first kappa shape index (κ1) is 27.4. The zero-order chi connectivity index (χ0) is 27.8. The molecule has 12 heteroatoms. The van der Waals surface area contributed by atoms with Gasteiger partial charge in [0.25, 0.3) is 11.8 Å². The molecule has 39 heavy (non-hydrogen) atoms. The van der Waals surface area contributed by atoms with Crippen molar-refractivity contribution in [3.63, 3.8) is 0 Å². The Morgan fingerprint density at radius 2 is 1.62 bits per heavy atom. The van der Waals surface area contributed by atoms with Crippen LogP contribution >= 0.6 is 0 Å². The summed E-state index contributed by atoms with van der Waals surface area (Å²) >= 11 is 0. The van der Waals surface area contributed by atoms with Gasteiger partial charge in [-0.05, 0) is 61.2 Å². The average molecular weight is 530 g/mol. The first-order chi connectivity index (χ1) is 18.9. The summed E-state index contributed by atoms with van der Waals surface area (Å²) in [6.07, 6.45) is 1.95. The van der Waals surface area contributed by atoms with E-state index in [4.69, 9.17) is 0 Å². The number of likely N-dealkylation sites (tertiary alicyclic amines) is 1. The number of nitriles is 1. The molecular weight excluding hydrogens is 498 g/mol. The maximum atomic E-state index is 12.8. The third-order valence-electron chi connectivity index (χ3n) is 7.14. The van der Waals surface area contributed by atoms with E-state index in [0.717, 1.165) is 17.5 Å². The molecule has 3 aromatic rings. The Balaban J connectivity index is 1.67. The summed E-state index contributed by atoms with van der Waals surface area (Å²) in [6.45, 7) is 1.08. The fraction of sp³-hybridized carbons (Fsp3) is 0.370. The Hall–Kier alpha value is -4.63. The second-order valence-electron chi connectivity index (χ2n) is 9.25. The number of rotatable bonds is 10. The summed E-state index contributed by atoms with van der Waals surface area (Å²) in [5.74, 6) is -0.131. The minimum absolute atomic E-state index is 0.0890. The molecule has 202 valence electrons. The number of tetrazole rings is 1. The van der Waals surface area contributed by atoms with Gasteiger partial charge in [-0.2, -0.15) is 10.5 Å². The fourth-order valence-electron chi connectivity index (χ4n) is 5.04. The molecule has 2 aromatic carbocycles. The minimum Gasteiger partial charge on any atom is -0.355 e. The van der Waals surface area contributed by atoms with Gasteiger partial charge in [-0.15, -0.1) is 10.2 Å². The summed E-state index contributed by atoms with van der Waals surface area (Å²) in [4.78, 5) is 38.7. The third kappa shape index (κ3) is 5.63. The Kier molecular flexibility index (Phi) is 8.63. The van der Waals surface area contributed by atoms with Gasteiger partial charge in [0.15, 0.2) is 5.82 Å². The van der Waals surface area contributed by atoms with Crippen LogP contribution in [0.2, 0.25) is 0 Å². The lowest BCUT2D eigenvalue weighted by molar-refractivity contribution is -0.130. The molecule has 3 amide bonds. The van der Waals surface area contributed by atoms with Gasteiger partial charge in [-0.3, -0.25) is 14.4 Å². The maximum Gasteiger partial charge on any atom is 0.251 e. The van der Waals surface area contributed by atoms with Crippen molar-refractivity contribution < 1.29 is 14.4 Å². The van der Waals surface area contributed by atoms with Crippen LogP contribution in [0.3, 0.4) is 0 Å². The van der Waals surface area contributed by atoms with Gasteiger partial charge in [-0.1, -0.05) is 29.5 Å². The molecule has 2 heterocycles. The molecular formula is C27H31N9O3. The predicted octanol–water partition coefficient (Wildman–Crippen LogP) is 0.748. The summed E-state index contributed by atoms with van der Waals surface area (Å²) in [7, 11) is 3.14. The summed E-state index contributed by atoms with van der Waals surface area (Å²) in [5.41, 5.74) is 1.69. The highest BCUT2D eigenvalue weighted by Crippen LogP contribution is 2.40. The monoisotopic (exact) mass is 529 g/mol. The Labute approximate surface area is 226 Å². The van der Waals surface area contributed by atoms with E-state index in [9.17, 15) is 19.6 Å². The zero-order valence-electron chi connectivity index (χ0n) is 21.9. The van der Waals surface area contributed by atoms with Gasteiger partial charge >= 0.3 is 0 Å². The molecule has 0 radical (unpaired) electrons. The molecule has 1 atom stereocenters. The van der Waals surface area contributed by atoms with Crippen molar-refractivity contribution in [3.05, 3.63) is 76.6 Å². The number of carbonyl (C=O) groups is 3. The summed E-state index contributed by atoms with van der Waals surface area (Å²) in [5, 5.41) is 32.8. The zero-order valence-corrected chi connectivity index (χ0v) is 21.9. The maximum absolute atomic E-state index is 12.8. The van der Waals surface area contributed by atoms with Crippen LogP contribution in [0, 0.1) is 11.3 Å². The van der Waals surface area contributed by atoms with E-state index in [1.54, 1.807) is 43.3 Å². The lowest BCUT2D eigenvalue weighted by Gasteiger charge is -2.32. The van der Waals surface area contributed by atoms with Gasteiger partial charge in [0.1, 0.15) is 6.04 Å². The molecule has 4 rings (SSSR count). The van der Waals surface area contributed by atoms with Crippen molar-refractivity contribution >= 4 is 17.7 Å². The number of hydrogen-bond acceptors (Lipinski definition) is 8. The minimum atomic E-state index is -0.922. The van der Waals surface area contributed by atoms with Gasteiger partial charge in [0, 0.05) is 31.8 Å². The van der Waals surface area contributed by atoms with Crippen molar-refractivity contribution in [3.8, 4) is 6.07 Å². The lowest BCUT2D eigenvalue weighted by atomic mass is 9.71. The van der Waals surface area contributed by atoms with Gasteiger partial charge < -0.3 is 20.9 Å². The standard InChI is InChI=1S/C27H31N9O3/c1-29-24(38)18-5-9-20(10-6-18)27(26-32-34-35-33-26,21-11-7-19(8-12-21)25(39)30-2)13-14-31-17-23(37)36-15-3-4-22(36)16-28/h5-12,22,31H,3-4,13-15,17H2,1-2H3,(H,29,38)(H,30,39)(H,32,33,34,35)/t22-/m0/s1. The lowest BCUT2D eigenvalue weighted by Crippen LogP contribution is -2.42. The van der Waals surface area contributed by atoms with E-state index in [1.165, 1.54) is 0 Å². The van der Waals surface area contributed by atoms with E-state index in [-0.39, 0.29) is 30.3 Å². The number of aromatic amines is 1. The van der Waals surface area contributed by atoms with Gasteiger partial charge in [0.2, 0.25) is 5.91 Å². The molecule has 4 N–H and O–H groups in total. The quantitative estimate of drug-likeness (QED) is 0.279. The molecule has 1 aliphatic heterocycles. The van der Waals surface area contributed by atoms with Crippen LogP contribution in [0.15, 0.2) is 48.5 Å². The highest BCUT2D eigenvalue weighted by atomic mass is 16.2. The number of amides is 3. The van der Waals surface area contributed by atoms with Crippen LogP contribution in [-0.4, -0.2) is 83.0 Å². The van der Waals surface area contributed by atoms with Crippen LogP contribution in [-0.2, 0) is 10.2 Å². The van der Waals surface area contributed by atoms with E-state index in [1.807, 2.05) is 24.3 Å². The van der Waals surface area contributed by atoms with Crippen molar-refractivity contribution in [1.82, 2.24) is 41.5 Å². The molecule has 0 saturated carbocycles. The van der Waals surface area contributed by atoms with Crippen LogP contribution in [0.4, 0.5) is 0 Å². The number of aromatic nitrogens is 4. The molecule has 1 aromatic heterocycles. The topological polar surface area (TPSA) is 169 Å². The molecule has 0 spiro atoms. The second kappa shape index (κ2) is 12.3. The molecule has 1 fully saturated rings. The van der Waals surface area contributed by atoms with Gasteiger partial charge in [0.05, 0.1) is 18.0 Å². The number of carbonyl (C=O) groups excluding carboxylic acids is 3. The average Bonchev–Trinajstić information content (AvgIpc) is 3.70.